The van der Waals surface area contributed by atoms with E-state index in [9.17, 15) is 24.0 Å². The second-order valence-electron chi connectivity index (χ2n) is 9.95. The summed E-state index contributed by atoms with van der Waals surface area (Å²) in [7, 11) is 0. The number of amides is 4. The number of fused-ring (bicyclic) bond motifs is 1. The lowest BCUT2D eigenvalue weighted by molar-refractivity contribution is -0.141. The Labute approximate surface area is 237 Å². The molecule has 0 saturated heterocycles. The van der Waals surface area contributed by atoms with Crippen LogP contribution in [0.15, 0.2) is 60.8 Å². The number of hydrogen-bond acceptors (Lipinski definition) is 6. The van der Waals surface area contributed by atoms with Crippen molar-refractivity contribution in [3.63, 3.8) is 0 Å². The van der Waals surface area contributed by atoms with Crippen LogP contribution < -0.4 is 27.0 Å². The van der Waals surface area contributed by atoms with Crippen LogP contribution in [0.4, 0.5) is 0 Å². The van der Waals surface area contributed by atoms with Crippen molar-refractivity contribution in [2.75, 3.05) is 0 Å². The van der Waals surface area contributed by atoms with E-state index in [0.29, 0.717) is 0 Å². The molecule has 0 saturated carbocycles. The van der Waals surface area contributed by atoms with Gasteiger partial charge in [0, 0.05) is 23.5 Å². The quantitative estimate of drug-likeness (QED) is 0.156. The third-order valence-corrected chi connectivity index (χ3v) is 6.60. The summed E-state index contributed by atoms with van der Waals surface area (Å²) >= 11 is 0. The van der Waals surface area contributed by atoms with Crippen LogP contribution in [0.25, 0.3) is 10.9 Å². The molecule has 0 aliphatic rings. The lowest BCUT2D eigenvalue weighted by Crippen LogP contribution is -2.57. The van der Waals surface area contributed by atoms with Gasteiger partial charge in [0.05, 0.1) is 6.04 Å². The van der Waals surface area contributed by atoms with Gasteiger partial charge in [-0.15, -0.1) is 0 Å². The van der Waals surface area contributed by atoms with Crippen LogP contribution in [0.3, 0.4) is 0 Å². The maximum Gasteiger partial charge on any atom is 0.325 e. The summed E-state index contributed by atoms with van der Waals surface area (Å²) < 4.78 is 0. The Balaban J connectivity index is 1.70. The Kier molecular flexibility index (Phi) is 10.6. The van der Waals surface area contributed by atoms with Gasteiger partial charge < -0.3 is 37.1 Å². The topological polar surface area (TPSA) is 196 Å². The Bertz CT molecular complexity index is 1390. The third-order valence-electron chi connectivity index (χ3n) is 6.60. The zero-order valence-electron chi connectivity index (χ0n) is 23.1. The van der Waals surface area contributed by atoms with E-state index in [1.807, 2.05) is 54.6 Å². The highest BCUT2D eigenvalue weighted by molar-refractivity contribution is 5.95. The second kappa shape index (κ2) is 14.1. The molecular weight excluding hydrogens is 528 g/mol. The largest absolute Gasteiger partial charge is 0.480 e. The molecule has 12 nitrogen and oxygen atoms in total. The molecule has 3 rings (SSSR count). The van der Waals surface area contributed by atoms with Gasteiger partial charge in [-0.2, -0.15) is 0 Å². The van der Waals surface area contributed by atoms with E-state index in [-0.39, 0.29) is 12.8 Å². The Morgan fingerprint density at radius 3 is 1.93 bits per heavy atom. The summed E-state index contributed by atoms with van der Waals surface area (Å²) in [5.41, 5.74) is 8.68. The third kappa shape index (κ3) is 8.64. The average Bonchev–Trinajstić information content (AvgIpc) is 3.35. The second-order valence-corrected chi connectivity index (χ2v) is 9.95. The van der Waals surface area contributed by atoms with E-state index in [4.69, 9.17) is 10.8 Å². The first-order chi connectivity index (χ1) is 19.5. The van der Waals surface area contributed by atoms with Crippen LogP contribution in [0.5, 0.6) is 0 Å². The predicted octanol–water partition coefficient (Wildman–Crippen LogP) is 0.364. The van der Waals surface area contributed by atoms with Gasteiger partial charge in [-0.25, -0.2) is 0 Å². The number of para-hydroxylation sites is 1. The molecule has 12 heteroatoms. The first-order valence-corrected chi connectivity index (χ1v) is 13.2. The van der Waals surface area contributed by atoms with Crippen molar-refractivity contribution in [3.05, 3.63) is 71.9 Å². The number of rotatable bonds is 13. The first-order valence-electron chi connectivity index (χ1n) is 13.2. The number of carboxylic acids is 1. The van der Waals surface area contributed by atoms with E-state index < -0.39 is 59.8 Å². The molecule has 8 N–H and O–H groups in total. The fourth-order valence-electron chi connectivity index (χ4n) is 4.15. The van der Waals surface area contributed by atoms with Crippen molar-refractivity contribution in [1.82, 2.24) is 26.3 Å². The van der Waals surface area contributed by atoms with Gasteiger partial charge in [0.25, 0.3) is 0 Å². The van der Waals surface area contributed by atoms with Gasteiger partial charge in [0.15, 0.2) is 0 Å². The molecule has 41 heavy (non-hydrogen) atoms. The van der Waals surface area contributed by atoms with Crippen molar-refractivity contribution < 1.29 is 29.1 Å². The molecule has 0 bridgehead atoms. The summed E-state index contributed by atoms with van der Waals surface area (Å²) in [5.74, 6) is -3.71. The van der Waals surface area contributed by atoms with Crippen molar-refractivity contribution in [1.29, 1.82) is 0 Å². The number of nitrogens with two attached hydrogens (primary N) is 1. The highest BCUT2D eigenvalue weighted by Gasteiger charge is 2.29. The molecule has 0 unspecified atom stereocenters. The first kappa shape index (κ1) is 30.8. The summed E-state index contributed by atoms with van der Waals surface area (Å²) in [6, 6.07) is 11.5. The molecule has 218 valence electrons. The van der Waals surface area contributed by atoms with E-state index in [0.717, 1.165) is 22.0 Å². The highest BCUT2D eigenvalue weighted by atomic mass is 16.4. The normalized spacial score (nSPS) is 14.6. The molecule has 0 radical (unpaired) electrons. The summed E-state index contributed by atoms with van der Waals surface area (Å²) in [6.45, 7) is 4.12. The smallest absolute Gasteiger partial charge is 0.325 e. The summed E-state index contributed by atoms with van der Waals surface area (Å²) in [4.78, 5) is 65.5. The van der Waals surface area contributed by atoms with Gasteiger partial charge in [-0.3, -0.25) is 24.0 Å². The van der Waals surface area contributed by atoms with Gasteiger partial charge >= 0.3 is 5.97 Å². The number of benzene rings is 2. The van der Waals surface area contributed by atoms with E-state index >= 15 is 0 Å². The van der Waals surface area contributed by atoms with E-state index in [2.05, 4.69) is 26.3 Å². The molecule has 5 atom stereocenters. The van der Waals surface area contributed by atoms with E-state index in [1.54, 1.807) is 6.20 Å². The SMILES string of the molecule is C[C@H](NC(=O)[C@H](C)NC(=O)[C@H](C)NC(=O)[C@H](Cc1c[nH]c2ccccc12)NC(=O)[C@@H](N)Cc1ccccc1)C(=O)O. The average molecular weight is 565 g/mol. The fourth-order valence-corrected chi connectivity index (χ4v) is 4.15. The van der Waals surface area contributed by atoms with Crippen molar-refractivity contribution in [3.8, 4) is 0 Å². The van der Waals surface area contributed by atoms with Crippen molar-refractivity contribution in [2.45, 2.75) is 63.8 Å². The molecule has 0 aliphatic carbocycles. The number of carboxylic acid groups (broad SMARTS) is 1. The minimum atomic E-state index is -1.22. The van der Waals surface area contributed by atoms with Crippen LogP contribution in [0, 0.1) is 0 Å². The lowest BCUT2D eigenvalue weighted by atomic mass is 10.0. The minimum Gasteiger partial charge on any atom is -0.480 e. The van der Waals surface area contributed by atoms with Crippen LogP contribution in [0.1, 0.15) is 31.9 Å². The zero-order valence-corrected chi connectivity index (χ0v) is 23.1. The maximum atomic E-state index is 13.4. The monoisotopic (exact) mass is 564 g/mol. The zero-order chi connectivity index (χ0) is 30.1. The molecule has 0 fully saturated rings. The van der Waals surface area contributed by atoms with Crippen LogP contribution in [0.2, 0.25) is 0 Å². The highest BCUT2D eigenvalue weighted by Crippen LogP contribution is 2.19. The molecule has 2 aromatic carbocycles. The summed E-state index contributed by atoms with van der Waals surface area (Å²) in [5, 5.41) is 19.9. The lowest BCUT2D eigenvalue weighted by Gasteiger charge is -2.23. The van der Waals surface area contributed by atoms with E-state index in [1.165, 1.54) is 20.8 Å². The molecule has 4 amide bonds. The number of H-pyrrole nitrogens is 1. The number of aliphatic carboxylic acids is 1. The van der Waals surface area contributed by atoms with Gasteiger partial charge in [0.2, 0.25) is 23.6 Å². The number of hydrogen-bond donors (Lipinski definition) is 7. The van der Waals surface area contributed by atoms with Gasteiger partial charge in [-0.05, 0) is 44.4 Å². The van der Waals surface area contributed by atoms with Gasteiger partial charge in [0.1, 0.15) is 24.2 Å². The Hall–Kier alpha value is -4.71. The number of carbonyl (C=O) groups excluding carboxylic acids is 4. The van der Waals surface area contributed by atoms with Crippen LogP contribution in [-0.2, 0) is 36.8 Å². The molecule has 0 aliphatic heterocycles. The van der Waals surface area contributed by atoms with Gasteiger partial charge in [-0.1, -0.05) is 48.5 Å². The summed E-state index contributed by atoms with van der Waals surface area (Å²) in [6.07, 6.45) is 2.16. The predicted molar refractivity (Wildman–Crippen MR) is 153 cm³/mol. The van der Waals surface area contributed by atoms with Crippen LogP contribution in [-0.4, -0.2) is 69.9 Å². The number of aromatic nitrogens is 1. The molecule has 0 spiro atoms. The number of nitrogens with one attached hydrogen (secondary N) is 5. The number of carbonyl (C=O) groups is 5. The van der Waals surface area contributed by atoms with Crippen molar-refractivity contribution >= 4 is 40.5 Å². The molecule has 1 aromatic heterocycles. The molecule has 3 aromatic rings. The van der Waals surface area contributed by atoms with Crippen LogP contribution >= 0.6 is 0 Å². The maximum absolute atomic E-state index is 13.4. The number of aromatic amines is 1. The fraction of sp³-hybridized carbons (Fsp3) is 0.345. The minimum absolute atomic E-state index is 0.125. The standard InChI is InChI=1S/C29H36N6O6/c1-16(26(37)34-18(3)29(40)41)32-25(36)17(2)33-28(39)24(14-20-15-31-23-12-8-7-11-21(20)23)35-27(38)22(30)13-19-9-5-4-6-10-19/h4-12,15-18,22,24,31H,13-14,30H2,1-3H3,(H,32,36)(H,33,39)(H,34,37)(H,35,38)(H,40,41)/t16-,17-,18-,22-,24-/m0/s1. The molecular formula is C29H36N6O6. The Morgan fingerprint density at radius 2 is 1.29 bits per heavy atom. The molecule has 1 heterocycles. The van der Waals surface area contributed by atoms with Crippen molar-refractivity contribution in [2.24, 2.45) is 5.73 Å². The Morgan fingerprint density at radius 1 is 0.732 bits per heavy atom.